The number of rotatable bonds is 7. The zero-order valence-electron chi connectivity index (χ0n) is 18.3. The molecule has 3 rings (SSSR count). The maximum Gasteiger partial charge on any atom is 0.435 e. The van der Waals surface area contributed by atoms with Crippen molar-refractivity contribution in [3.63, 3.8) is 0 Å². The first kappa shape index (κ1) is 26.2. The van der Waals surface area contributed by atoms with Crippen LogP contribution in [0.15, 0.2) is 29.4 Å². The first-order chi connectivity index (χ1) is 14.8. The van der Waals surface area contributed by atoms with Gasteiger partial charge in [-0.15, -0.1) is 24.0 Å². The Labute approximate surface area is 202 Å². The Morgan fingerprint density at radius 3 is 2.62 bits per heavy atom. The van der Waals surface area contributed by atoms with E-state index in [1.807, 2.05) is 25.1 Å². The highest BCUT2D eigenvalue weighted by molar-refractivity contribution is 14.0. The van der Waals surface area contributed by atoms with Crippen LogP contribution in [-0.4, -0.2) is 42.6 Å². The smallest absolute Gasteiger partial charge is 0.435 e. The molecule has 1 unspecified atom stereocenters. The van der Waals surface area contributed by atoms with E-state index in [4.69, 9.17) is 9.47 Å². The van der Waals surface area contributed by atoms with Gasteiger partial charge in [-0.2, -0.15) is 18.3 Å². The third-order valence-corrected chi connectivity index (χ3v) is 5.01. The van der Waals surface area contributed by atoms with E-state index in [0.717, 1.165) is 34.6 Å². The Hall–Kier alpha value is -2.02. The fourth-order valence-electron chi connectivity index (χ4n) is 3.35. The highest BCUT2D eigenvalue weighted by Crippen LogP contribution is 2.30. The fourth-order valence-corrected chi connectivity index (χ4v) is 3.35. The molecule has 0 aliphatic carbocycles. The lowest BCUT2D eigenvalue weighted by Crippen LogP contribution is -2.36. The highest BCUT2D eigenvalue weighted by Gasteiger charge is 2.36. The van der Waals surface area contributed by atoms with Gasteiger partial charge < -0.3 is 20.1 Å². The first-order valence-electron chi connectivity index (χ1n) is 10.1. The van der Waals surface area contributed by atoms with Gasteiger partial charge in [-0.05, 0) is 25.0 Å². The summed E-state index contributed by atoms with van der Waals surface area (Å²) in [6.07, 6.45) is -2.17. The molecule has 32 heavy (non-hydrogen) atoms. The average molecular weight is 567 g/mol. The second-order valence-electron chi connectivity index (χ2n) is 7.61. The minimum Gasteiger partial charge on any atom is -0.493 e. The molecule has 0 amide bonds. The van der Waals surface area contributed by atoms with Crippen molar-refractivity contribution in [2.75, 3.05) is 26.9 Å². The summed E-state index contributed by atoms with van der Waals surface area (Å²) in [6, 6.07) is 5.94. The molecular weight excluding hydrogens is 538 g/mol. The van der Waals surface area contributed by atoms with Crippen molar-refractivity contribution in [3.05, 3.63) is 46.8 Å². The van der Waals surface area contributed by atoms with Crippen molar-refractivity contribution in [2.45, 2.75) is 32.6 Å². The number of nitrogens with zero attached hydrogens (tertiary/aromatic N) is 3. The summed E-state index contributed by atoms with van der Waals surface area (Å²) < 4.78 is 52.0. The van der Waals surface area contributed by atoms with E-state index in [9.17, 15) is 13.2 Å². The van der Waals surface area contributed by atoms with Crippen molar-refractivity contribution in [3.8, 4) is 5.75 Å². The summed E-state index contributed by atoms with van der Waals surface area (Å²) in [5, 5.41) is 9.57. The van der Waals surface area contributed by atoms with E-state index in [-0.39, 0.29) is 36.1 Å². The molecule has 11 heteroatoms. The number of nitrogens with one attached hydrogen (secondary N) is 2. The van der Waals surface area contributed by atoms with Gasteiger partial charge in [0.05, 0.1) is 13.2 Å². The van der Waals surface area contributed by atoms with Crippen LogP contribution in [0.5, 0.6) is 5.75 Å². The van der Waals surface area contributed by atoms with Crippen LogP contribution in [0, 0.1) is 12.8 Å². The monoisotopic (exact) mass is 567 g/mol. The summed E-state index contributed by atoms with van der Waals surface area (Å²) >= 11 is 0. The van der Waals surface area contributed by atoms with E-state index in [1.165, 1.54) is 13.2 Å². The standard InChI is InChI=1S/C21H28F3N5O2.HI/c1-14-4-5-16(18(8-14)31-13-15-6-7-30-12-15)9-26-20(25-2)27-10-17-11-29(3)28-19(17)21(22,23)24;/h4-5,8,11,15H,6-7,9-10,12-13H2,1-3H3,(H2,25,26,27);1H. The largest absolute Gasteiger partial charge is 0.493 e. The molecule has 1 fully saturated rings. The fraction of sp³-hybridized carbons (Fsp3) is 0.524. The topological polar surface area (TPSA) is 72.7 Å². The zero-order valence-corrected chi connectivity index (χ0v) is 20.7. The van der Waals surface area contributed by atoms with Gasteiger partial charge in [-0.1, -0.05) is 12.1 Å². The van der Waals surface area contributed by atoms with E-state index >= 15 is 0 Å². The molecule has 0 saturated carbocycles. The lowest BCUT2D eigenvalue weighted by molar-refractivity contribution is -0.142. The van der Waals surface area contributed by atoms with Crippen LogP contribution in [-0.2, 0) is 31.1 Å². The molecule has 7 nitrogen and oxygen atoms in total. The molecule has 0 bridgehead atoms. The van der Waals surface area contributed by atoms with Gasteiger partial charge in [0.1, 0.15) is 5.75 Å². The molecule has 2 N–H and O–H groups in total. The van der Waals surface area contributed by atoms with Gasteiger partial charge in [0.2, 0.25) is 0 Å². The van der Waals surface area contributed by atoms with Crippen molar-refractivity contribution < 1.29 is 22.6 Å². The number of aromatic nitrogens is 2. The number of aliphatic imine (C=N–C) groups is 1. The normalized spacial score (nSPS) is 16.6. The highest BCUT2D eigenvalue weighted by atomic mass is 127. The average Bonchev–Trinajstić information content (AvgIpc) is 3.36. The molecule has 0 spiro atoms. The van der Waals surface area contributed by atoms with Gasteiger partial charge in [0.15, 0.2) is 11.7 Å². The number of halogens is 4. The Kier molecular flexibility index (Phi) is 9.62. The first-order valence-corrected chi connectivity index (χ1v) is 10.1. The Bertz CT molecular complexity index is 911. The molecule has 1 saturated heterocycles. The lowest BCUT2D eigenvalue weighted by Gasteiger charge is -2.17. The molecule has 178 valence electrons. The van der Waals surface area contributed by atoms with Crippen LogP contribution in [0.3, 0.4) is 0 Å². The van der Waals surface area contributed by atoms with Gasteiger partial charge in [-0.25, -0.2) is 0 Å². The lowest BCUT2D eigenvalue weighted by atomic mass is 10.1. The Balaban J connectivity index is 0.00000363. The van der Waals surface area contributed by atoms with Gasteiger partial charge in [0, 0.05) is 57.0 Å². The maximum absolute atomic E-state index is 13.1. The van der Waals surface area contributed by atoms with Crippen molar-refractivity contribution >= 4 is 29.9 Å². The minimum absolute atomic E-state index is 0. The number of alkyl halides is 3. The van der Waals surface area contributed by atoms with E-state index in [1.54, 1.807) is 7.05 Å². The van der Waals surface area contributed by atoms with Crippen molar-refractivity contribution in [2.24, 2.45) is 18.0 Å². The van der Waals surface area contributed by atoms with Gasteiger partial charge in [-0.3, -0.25) is 9.67 Å². The van der Waals surface area contributed by atoms with E-state index in [2.05, 4.69) is 20.7 Å². The number of ether oxygens (including phenoxy) is 2. The molecule has 1 atom stereocenters. The second-order valence-corrected chi connectivity index (χ2v) is 7.61. The molecule has 1 aliphatic rings. The van der Waals surface area contributed by atoms with Crippen LogP contribution in [0.4, 0.5) is 13.2 Å². The van der Waals surface area contributed by atoms with Crippen LogP contribution in [0.1, 0.15) is 28.8 Å². The summed E-state index contributed by atoms with van der Waals surface area (Å²) in [5.41, 5.74) is 1.17. The second kappa shape index (κ2) is 11.7. The Morgan fingerprint density at radius 2 is 2.00 bits per heavy atom. The molecule has 1 aliphatic heterocycles. The van der Waals surface area contributed by atoms with Crippen LogP contribution < -0.4 is 15.4 Å². The Morgan fingerprint density at radius 1 is 1.28 bits per heavy atom. The van der Waals surface area contributed by atoms with Gasteiger partial charge in [0.25, 0.3) is 0 Å². The predicted octanol–water partition coefficient (Wildman–Crippen LogP) is 3.65. The molecule has 1 aromatic carbocycles. The number of benzene rings is 1. The summed E-state index contributed by atoms with van der Waals surface area (Å²) in [6.45, 7) is 4.42. The van der Waals surface area contributed by atoms with Crippen LogP contribution in [0.25, 0.3) is 0 Å². The summed E-state index contributed by atoms with van der Waals surface area (Å²) in [7, 11) is 3.03. The number of hydrogen-bond acceptors (Lipinski definition) is 4. The van der Waals surface area contributed by atoms with E-state index in [0.29, 0.717) is 31.6 Å². The van der Waals surface area contributed by atoms with Crippen molar-refractivity contribution in [1.29, 1.82) is 0 Å². The van der Waals surface area contributed by atoms with Crippen molar-refractivity contribution in [1.82, 2.24) is 20.4 Å². The number of aryl methyl sites for hydroxylation is 2. The van der Waals surface area contributed by atoms with Gasteiger partial charge >= 0.3 is 6.18 Å². The summed E-state index contributed by atoms with van der Waals surface area (Å²) in [4.78, 5) is 4.10. The molecular formula is C21H29F3IN5O2. The maximum atomic E-state index is 13.1. The quantitative estimate of drug-likeness (QED) is 0.304. The number of hydrogen-bond donors (Lipinski definition) is 2. The molecule has 2 aromatic rings. The molecule has 2 heterocycles. The summed E-state index contributed by atoms with van der Waals surface area (Å²) in [5.74, 6) is 1.55. The van der Waals surface area contributed by atoms with Crippen LogP contribution >= 0.6 is 24.0 Å². The number of guanidine groups is 1. The predicted molar refractivity (Wildman–Crippen MR) is 126 cm³/mol. The zero-order chi connectivity index (χ0) is 22.4. The van der Waals surface area contributed by atoms with Crippen LogP contribution in [0.2, 0.25) is 0 Å². The SMILES string of the molecule is CN=C(NCc1ccc(C)cc1OCC1CCOC1)NCc1cn(C)nc1C(F)(F)F.I. The minimum atomic E-state index is -4.51. The third-order valence-electron chi connectivity index (χ3n) is 5.01. The molecule has 0 radical (unpaired) electrons. The van der Waals surface area contributed by atoms with E-state index < -0.39 is 11.9 Å². The third kappa shape index (κ3) is 7.26. The molecule has 1 aromatic heterocycles.